The second kappa shape index (κ2) is 8.02. The van der Waals surface area contributed by atoms with Crippen LogP contribution >= 0.6 is 11.6 Å². The van der Waals surface area contributed by atoms with Crippen LogP contribution in [-0.4, -0.2) is 29.0 Å². The SMILES string of the molecule is Nc1cc(C(F)(F)F)cc(OCCCNC(=O)c2cnccc2Cl)n1. The van der Waals surface area contributed by atoms with E-state index in [9.17, 15) is 18.0 Å². The van der Waals surface area contributed by atoms with Crippen LogP contribution in [0, 0.1) is 0 Å². The van der Waals surface area contributed by atoms with Crippen LogP contribution in [0.4, 0.5) is 19.0 Å². The van der Waals surface area contributed by atoms with Crippen molar-refractivity contribution in [2.45, 2.75) is 12.6 Å². The first-order valence-corrected chi connectivity index (χ1v) is 7.50. The molecule has 0 aliphatic heterocycles. The van der Waals surface area contributed by atoms with E-state index in [2.05, 4.69) is 15.3 Å². The first-order chi connectivity index (χ1) is 11.8. The molecule has 0 fully saturated rings. The molecule has 134 valence electrons. The summed E-state index contributed by atoms with van der Waals surface area (Å²) in [6.07, 6.45) is -1.39. The summed E-state index contributed by atoms with van der Waals surface area (Å²) >= 11 is 5.87. The quantitative estimate of drug-likeness (QED) is 0.759. The van der Waals surface area contributed by atoms with Crippen LogP contribution < -0.4 is 15.8 Å². The lowest BCUT2D eigenvalue weighted by atomic mass is 10.2. The zero-order valence-corrected chi connectivity index (χ0v) is 13.6. The van der Waals surface area contributed by atoms with Crippen molar-refractivity contribution >= 4 is 23.3 Å². The Bertz CT molecular complexity index is 756. The summed E-state index contributed by atoms with van der Waals surface area (Å²) in [5.74, 6) is -0.919. The normalized spacial score (nSPS) is 11.2. The molecule has 0 radical (unpaired) electrons. The van der Waals surface area contributed by atoms with Gasteiger partial charge in [-0.25, -0.2) is 0 Å². The van der Waals surface area contributed by atoms with Gasteiger partial charge >= 0.3 is 6.18 Å². The van der Waals surface area contributed by atoms with Crippen LogP contribution in [0.15, 0.2) is 30.6 Å². The zero-order chi connectivity index (χ0) is 18.4. The van der Waals surface area contributed by atoms with E-state index in [0.29, 0.717) is 6.42 Å². The third kappa shape index (κ3) is 5.49. The van der Waals surface area contributed by atoms with Crippen LogP contribution in [0.25, 0.3) is 0 Å². The highest BCUT2D eigenvalue weighted by molar-refractivity contribution is 6.33. The molecule has 0 aliphatic carbocycles. The molecule has 0 atom stereocenters. The first kappa shape index (κ1) is 18.8. The maximum atomic E-state index is 12.7. The van der Waals surface area contributed by atoms with E-state index in [1.54, 1.807) is 0 Å². The molecule has 0 spiro atoms. The Kier molecular flexibility index (Phi) is 6.02. The molecule has 2 aromatic heterocycles. The van der Waals surface area contributed by atoms with E-state index in [1.165, 1.54) is 18.5 Å². The summed E-state index contributed by atoms with van der Waals surface area (Å²) in [7, 11) is 0. The summed E-state index contributed by atoms with van der Waals surface area (Å²) in [6.45, 7) is 0.285. The van der Waals surface area contributed by atoms with Gasteiger partial charge in [-0.2, -0.15) is 18.2 Å². The van der Waals surface area contributed by atoms with E-state index in [0.717, 1.165) is 12.1 Å². The topological polar surface area (TPSA) is 90.1 Å². The fraction of sp³-hybridized carbons (Fsp3) is 0.267. The number of anilines is 1. The maximum absolute atomic E-state index is 12.7. The Morgan fingerprint density at radius 3 is 2.80 bits per heavy atom. The molecule has 0 aliphatic rings. The van der Waals surface area contributed by atoms with Gasteiger partial charge in [0.05, 0.1) is 22.8 Å². The molecule has 1 amide bonds. The summed E-state index contributed by atoms with van der Waals surface area (Å²) in [4.78, 5) is 19.4. The van der Waals surface area contributed by atoms with E-state index < -0.39 is 17.6 Å². The third-order valence-corrected chi connectivity index (χ3v) is 3.35. The van der Waals surface area contributed by atoms with Crippen molar-refractivity contribution in [3.63, 3.8) is 0 Å². The van der Waals surface area contributed by atoms with Crippen LogP contribution in [0.5, 0.6) is 5.88 Å². The molecule has 6 nitrogen and oxygen atoms in total. The number of nitrogens with zero attached hydrogens (tertiary/aromatic N) is 2. The van der Waals surface area contributed by atoms with Crippen LogP contribution in [0.1, 0.15) is 22.3 Å². The smallest absolute Gasteiger partial charge is 0.416 e. The Morgan fingerprint density at radius 1 is 1.36 bits per heavy atom. The average Bonchev–Trinajstić information content (AvgIpc) is 2.53. The molecule has 2 aromatic rings. The van der Waals surface area contributed by atoms with E-state index in [4.69, 9.17) is 22.1 Å². The number of nitrogen functional groups attached to an aromatic ring is 1. The van der Waals surface area contributed by atoms with Gasteiger partial charge in [0.1, 0.15) is 5.82 Å². The van der Waals surface area contributed by atoms with Crippen LogP contribution in [0.3, 0.4) is 0 Å². The molecule has 2 heterocycles. The number of pyridine rings is 2. The van der Waals surface area contributed by atoms with Crippen molar-refractivity contribution in [1.82, 2.24) is 15.3 Å². The van der Waals surface area contributed by atoms with Crippen LogP contribution in [-0.2, 0) is 6.18 Å². The van der Waals surface area contributed by atoms with Crippen molar-refractivity contribution in [2.75, 3.05) is 18.9 Å². The van der Waals surface area contributed by atoms with Gasteiger partial charge in [0.2, 0.25) is 5.88 Å². The van der Waals surface area contributed by atoms with Gasteiger partial charge < -0.3 is 15.8 Å². The number of ether oxygens (including phenoxy) is 1. The van der Waals surface area contributed by atoms with Crippen molar-refractivity contribution < 1.29 is 22.7 Å². The van der Waals surface area contributed by atoms with E-state index in [1.807, 2.05) is 0 Å². The Morgan fingerprint density at radius 2 is 2.12 bits per heavy atom. The highest BCUT2D eigenvalue weighted by Gasteiger charge is 2.31. The summed E-state index contributed by atoms with van der Waals surface area (Å²) in [5.41, 5.74) is 4.64. The fourth-order valence-corrected chi connectivity index (χ4v) is 2.04. The number of carbonyl (C=O) groups is 1. The molecule has 0 saturated heterocycles. The molecule has 0 bridgehead atoms. The number of nitrogens with one attached hydrogen (secondary N) is 1. The molecule has 25 heavy (non-hydrogen) atoms. The molecule has 3 N–H and O–H groups in total. The number of aromatic nitrogens is 2. The number of alkyl halides is 3. The van der Waals surface area contributed by atoms with E-state index in [-0.39, 0.29) is 35.4 Å². The minimum Gasteiger partial charge on any atom is -0.478 e. The number of amides is 1. The molecule has 2 rings (SSSR count). The average molecular weight is 375 g/mol. The maximum Gasteiger partial charge on any atom is 0.416 e. The number of nitrogens with two attached hydrogens (primary N) is 1. The minimum atomic E-state index is -4.54. The number of hydrogen-bond donors (Lipinski definition) is 2. The number of rotatable bonds is 6. The zero-order valence-electron chi connectivity index (χ0n) is 12.8. The Hall–Kier alpha value is -2.55. The lowest BCUT2D eigenvalue weighted by molar-refractivity contribution is -0.137. The van der Waals surface area contributed by atoms with Gasteiger partial charge in [0, 0.05) is 25.0 Å². The number of halogens is 4. The monoisotopic (exact) mass is 374 g/mol. The van der Waals surface area contributed by atoms with Crippen LogP contribution in [0.2, 0.25) is 5.02 Å². The van der Waals surface area contributed by atoms with Crippen molar-refractivity contribution in [2.24, 2.45) is 0 Å². The Balaban J connectivity index is 1.81. The largest absolute Gasteiger partial charge is 0.478 e. The van der Waals surface area contributed by atoms with Gasteiger partial charge in [-0.05, 0) is 18.6 Å². The Labute approximate surface area is 146 Å². The molecule has 0 aromatic carbocycles. The highest BCUT2D eigenvalue weighted by Crippen LogP contribution is 2.31. The predicted molar refractivity (Wildman–Crippen MR) is 85.3 cm³/mol. The second-order valence-corrected chi connectivity index (χ2v) is 5.34. The molecule has 0 unspecified atom stereocenters. The first-order valence-electron chi connectivity index (χ1n) is 7.12. The molecular weight excluding hydrogens is 361 g/mol. The fourth-order valence-electron chi connectivity index (χ4n) is 1.85. The van der Waals surface area contributed by atoms with E-state index >= 15 is 0 Å². The van der Waals surface area contributed by atoms with Gasteiger partial charge in [0.15, 0.2) is 0 Å². The predicted octanol–water partition coefficient (Wildman–Crippen LogP) is 2.93. The number of hydrogen-bond acceptors (Lipinski definition) is 5. The van der Waals surface area contributed by atoms with Gasteiger partial charge in [-0.1, -0.05) is 11.6 Å². The van der Waals surface area contributed by atoms with Gasteiger partial charge in [-0.3, -0.25) is 9.78 Å². The lowest BCUT2D eigenvalue weighted by Crippen LogP contribution is -2.26. The highest BCUT2D eigenvalue weighted by atomic mass is 35.5. The van der Waals surface area contributed by atoms with Crippen molar-refractivity contribution in [3.8, 4) is 5.88 Å². The summed E-state index contributed by atoms with van der Waals surface area (Å²) in [6, 6.07) is 2.98. The van der Waals surface area contributed by atoms with Gasteiger partial charge in [0.25, 0.3) is 5.91 Å². The number of carbonyl (C=O) groups excluding carboxylic acids is 1. The van der Waals surface area contributed by atoms with Gasteiger partial charge in [-0.15, -0.1) is 0 Å². The molecular formula is C15H14ClF3N4O2. The minimum absolute atomic E-state index is 0.0504. The lowest BCUT2D eigenvalue weighted by Gasteiger charge is -2.11. The van der Waals surface area contributed by atoms with Crippen molar-refractivity contribution in [3.05, 3.63) is 46.7 Å². The summed E-state index contributed by atoms with van der Waals surface area (Å²) in [5, 5.41) is 2.88. The standard InChI is InChI=1S/C15H14ClF3N4O2/c16-11-2-4-21-8-10(11)14(24)22-3-1-5-25-13-7-9(15(17,18)19)6-12(20)23-13/h2,4,6-8H,1,3,5H2,(H2,20,23)(H,22,24). The third-order valence-electron chi connectivity index (χ3n) is 3.02. The molecule has 10 heteroatoms. The second-order valence-electron chi connectivity index (χ2n) is 4.93. The summed E-state index contributed by atoms with van der Waals surface area (Å²) < 4.78 is 43.2. The van der Waals surface area contributed by atoms with Crippen molar-refractivity contribution in [1.29, 1.82) is 0 Å². The molecule has 0 saturated carbocycles.